The summed E-state index contributed by atoms with van der Waals surface area (Å²) in [7, 11) is 3.16. The molecule has 2 aliphatic rings. The van der Waals surface area contributed by atoms with Crippen molar-refractivity contribution in [2.45, 2.75) is 24.6 Å². The summed E-state index contributed by atoms with van der Waals surface area (Å²) in [6.07, 6.45) is 0.518. The molecule has 0 fully saturated rings. The van der Waals surface area contributed by atoms with Crippen LogP contribution in [0.1, 0.15) is 35.1 Å². The molecule has 0 aromatic heterocycles. The van der Waals surface area contributed by atoms with Crippen molar-refractivity contribution in [3.63, 3.8) is 0 Å². The van der Waals surface area contributed by atoms with Gasteiger partial charge >= 0.3 is 6.18 Å². The standard InChI is InChI=1S/C21H19BrF3NO2/c1-27-18-9-11(8-16(22)20(18)28-2)19-14-5-3-4-13(14)15-10-12(21(23,24)25)6-7-17(15)26-19/h3-4,6-10,13-14,19,26H,5H2,1-2H3/t13-,14-,19+/m1/s1. The largest absolute Gasteiger partial charge is 0.493 e. The number of allylic oxidation sites excluding steroid dienone is 2. The molecule has 0 unspecified atom stereocenters. The summed E-state index contributed by atoms with van der Waals surface area (Å²) in [5, 5.41) is 3.45. The summed E-state index contributed by atoms with van der Waals surface area (Å²) in [5.74, 6) is 1.28. The molecule has 3 nitrogen and oxygen atoms in total. The van der Waals surface area contributed by atoms with Crippen LogP contribution in [0.25, 0.3) is 0 Å². The number of benzene rings is 2. The number of ether oxygens (including phenoxy) is 2. The number of alkyl halides is 3. The first-order valence-corrected chi connectivity index (χ1v) is 9.68. The first-order valence-electron chi connectivity index (χ1n) is 8.89. The molecule has 2 aromatic rings. The van der Waals surface area contributed by atoms with E-state index in [9.17, 15) is 13.2 Å². The second-order valence-corrected chi connectivity index (χ2v) is 7.87. The summed E-state index contributed by atoms with van der Waals surface area (Å²) in [6, 6.07) is 7.78. The van der Waals surface area contributed by atoms with Crippen LogP contribution in [-0.2, 0) is 6.18 Å². The van der Waals surface area contributed by atoms with Crippen LogP contribution in [0.4, 0.5) is 18.9 Å². The predicted molar refractivity (Wildman–Crippen MR) is 105 cm³/mol. The van der Waals surface area contributed by atoms with Gasteiger partial charge in [-0.2, -0.15) is 13.2 Å². The van der Waals surface area contributed by atoms with Gasteiger partial charge in [-0.1, -0.05) is 12.2 Å². The normalized spacial score (nSPS) is 23.0. The molecule has 148 valence electrons. The van der Waals surface area contributed by atoms with Gasteiger partial charge in [0, 0.05) is 11.6 Å². The van der Waals surface area contributed by atoms with Gasteiger partial charge in [-0.25, -0.2) is 0 Å². The van der Waals surface area contributed by atoms with Gasteiger partial charge in [0.25, 0.3) is 0 Å². The Hall–Kier alpha value is -2.15. The molecule has 4 rings (SSSR count). The highest BCUT2D eigenvalue weighted by atomic mass is 79.9. The molecule has 0 saturated heterocycles. The number of nitrogens with one attached hydrogen (secondary N) is 1. The molecule has 28 heavy (non-hydrogen) atoms. The third-order valence-electron chi connectivity index (χ3n) is 5.51. The van der Waals surface area contributed by atoms with Crippen LogP contribution < -0.4 is 14.8 Å². The van der Waals surface area contributed by atoms with E-state index in [1.807, 2.05) is 18.2 Å². The van der Waals surface area contributed by atoms with Gasteiger partial charge in [-0.15, -0.1) is 0 Å². The van der Waals surface area contributed by atoms with Crippen LogP contribution in [0.2, 0.25) is 0 Å². The second kappa shape index (κ2) is 7.03. The predicted octanol–water partition coefficient (Wildman–Crippen LogP) is 6.31. The average molecular weight is 454 g/mol. The van der Waals surface area contributed by atoms with E-state index in [0.717, 1.165) is 28.2 Å². The van der Waals surface area contributed by atoms with Crippen molar-refractivity contribution in [3.05, 3.63) is 63.6 Å². The van der Waals surface area contributed by atoms with E-state index >= 15 is 0 Å². The lowest BCUT2D eigenvalue weighted by Gasteiger charge is -2.38. The fourth-order valence-corrected chi connectivity index (χ4v) is 4.84. The highest BCUT2D eigenvalue weighted by Gasteiger charge is 2.40. The monoisotopic (exact) mass is 453 g/mol. The Morgan fingerprint density at radius 3 is 2.57 bits per heavy atom. The Bertz CT molecular complexity index is 942. The Balaban J connectivity index is 1.77. The van der Waals surface area contributed by atoms with Crippen LogP contribution in [0.15, 0.2) is 47.0 Å². The number of fused-ring (bicyclic) bond motifs is 3. The van der Waals surface area contributed by atoms with Crippen molar-refractivity contribution in [2.75, 3.05) is 19.5 Å². The molecule has 1 aliphatic heterocycles. The highest BCUT2D eigenvalue weighted by molar-refractivity contribution is 9.10. The van der Waals surface area contributed by atoms with Gasteiger partial charge in [0.05, 0.1) is 30.3 Å². The zero-order chi connectivity index (χ0) is 20.1. The molecular weight excluding hydrogens is 435 g/mol. The summed E-state index contributed by atoms with van der Waals surface area (Å²) in [4.78, 5) is 0. The zero-order valence-corrected chi connectivity index (χ0v) is 16.9. The van der Waals surface area contributed by atoms with Crippen LogP contribution >= 0.6 is 15.9 Å². The maximum Gasteiger partial charge on any atom is 0.416 e. The molecule has 2 aromatic carbocycles. The zero-order valence-electron chi connectivity index (χ0n) is 15.3. The Morgan fingerprint density at radius 1 is 1.11 bits per heavy atom. The van der Waals surface area contributed by atoms with Crippen molar-refractivity contribution in [3.8, 4) is 11.5 Å². The molecule has 1 aliphatic carbocycles. The Kier molecular flexibility index (Phi) is 4.81. The molecule has 0 saturated carbocycles. The minimum Gasteiger partial charge on any atom is -0.493 e. The second-order valence-electron chi connectivity index (χ2n) is 7.01. The summed E-state index contributed by atoms with van der Waals surface area (Å²) >= 11 is 3.53. The summed E-state index contributed by atoms with van der Waals surface area (Å²) in [6.45, 7) is 0. The quantitative estimate of drug-likeness (QED) is 0.552. The van der Waals surface area contributed by atoms with E-state index in [1.54, 1.807) is 14.2 Å². The van der Waals surface area contributed by atoms with Crippen LogP contribution in [0, 0.1) is 5.92 Å². The van der Waals surface area contributed by atoms with Gasteiger partial charge in [0.15, 0.2) is 11.5 Å². The molecule has 3 atom stereocenters. The van der Waals surface area contributed by atoms with E-state index in [-0.39, 0.29) is 17.9 Å². The molecule has 0 spiro atoms. The number of halogens is 4. The van der Waals surface area contributed by atoms with E-state index < -0.39 is 11.7 Å². The fourth-order valence-electron chi connectivity index (χ4n) is 4.22. The molecule has 1 heterocycles. The fraction of sp³-hybridized carbons (Fsp3) is 0.333. The van der Waals surface area contributed by atoms with Crippen molar-refractivity contribution < 1.29 is 22.6 Å². The molecule has 0 radical (unpaired) electrons. The lowest BCUT2D eigenvalue weighted by molar-refractivity contribution is -0.137. The molecule has 1 N–H and O–H groups in total. The molecule has 7 heteroatoms. The summed E-state index contributed by atoms with van der Waals surface area (Å²) in [5.41, 5.74) is 1.81. The van der Waals surface area contributed by atoms with Gasteiger partial charge in [-0.3, -0.25) is 0 Å². The van der Waals surface area contributed by atoms with E-state index in [0.29, 0.717) is 17.1 Å². The molecular formula is C21H19BrF3NO2. The highest BCUT2D eigenvalue weighted by Crippen LogP contribution is 2.52. The SMILES string of the molecule is COc1cc([C@@H]2Nc3ccc(C(F)(F)F)cc3[C@@H]3C=CC[C@H]32)cc(Br)c1OC. The molecule has 0 amide bonds. The number of hydrogen-bond donors (Lipinski definition) is 1. The van der Waals surface area contributed by atoms with E-state index in [2.05, 4.69) is 27.3 Å². The number of rotatable bonds is 3. The number of hydrogen-bond acceptors (Lipinski definition) is 3. The van der Waals surface area contributed by atoms with Crippen LogP contribution in [0.3, 0.4) is 0 Å². The Labute approximate surface area is 169 Å². The van der Waals surface area contributed by atoms with Gasteiger partial charge in [0.2, 0.25) is 0 Å². The van der Waals surface area contributed by atoms with Gasteiger partial charge in [-0.05, 0) is 69.7 Å². The van der Waals surface area contributed by atoms with Crippen LogP contribution in [0.5, 0.6) is 11.5 Å². The van der Waals surface area contributed by atoms with Crippen molar-refractivity contribution in [2.24, 2.45) is 5.92 Å². The number of anilines is 1. The average Bonchev–Trinajstić information content (AvgIpc) is 3.15. The van der Waals surface area contributed by atoms with Crippen molar-refractivity contribution in [1.29, 1.82) is 0 Å². The maximum atomic E-state index is 13.2. The van der Waals surface area contributed by atoms with E-state index in [4.69, 9.17) is 9.47 Å². The number of methoxy groups -OCH3 is 2. The maximum absolute atomic E-state index is 13.2. The minimum atomic E-state index is -4.35. The van der Waals surface area contributed by atoms with E-state index in [1.165, 1.54) is 12.1 Å². The first kappa shape index (κ1) is 19.2. The lowest BCUT2D eigenvalue weighted by atomic mass is 9.76. The van der Waals surface area contributed by atoms with Crippen molar-refractivity contribution in [1.82, 2.24) is 0 Å². The first-order chi connectivity index (χ1) is 13.3. The van der Waals surface area contributed by atoms with Crippen LogP contribution in [-0.4, -0.2) is 14.2 Å². The minimum absolute atomic E-state index is 0.0552. The smallest absolute Gasteiger partial charge is 0.416 e. The topological polar surface area (TPSA) is 30.5 Å². The van der Waals surface area contributed by atoms with Gasteiger partial charge < -0.3 is 14.8 Å². The lowest BCUT2D eigenvalue weighted by Crippen LogP contribution is -2.29. The third kappa shape index (κ3) is 3.15. The van der Waals surface area contributed by atoms with Gasteiger partial charge in [0.1, 0.15) is 0 Å². The summed E-state index contributed by atoms with van der Waals surface area (Å²) < 4.78 is 51.1. The van der Waals surface area contributed by atoms with Crippen molar-refractivity contribution >= 4 is 21.6 Å². The Morgan fingerprint density at radius 2 is 1.89 bits per heavy atom. The third-order valence-corrected chi connectivity index (χ3v) is 6.09. The molecule has 0 bridgehead atoms.